The maximum Gasteiger partial charge on any atom is 0.150 e. The molecule has 0 bridgehead atoms. The third kappa shape index (κ3) is 2.29. The molecule has 0 unspecified atom stereocenters. The van der Waals surface area contributed by atoms with Crippen LogP contribution in [0.4, 0.5) is 0 Å². The number of methoxy groups -OCH3 is 1. The second kappa shape index (κ2) is 4.97. The predicted molar refractivity (Wildman–Crippen MR) is 66.6 cm³/mol. The van der Waals surface area contributed by atoms with Gasteiger partial charge in [0.1, 0.15) is 10.9 Å². The molecule has 0 saturated carbocycles. The third-order valence-electron chi connectivity index (χ3n) is 2.43. The van der Waals surface area contributed by atoms with Crippen molar-refractivity contribution in [2.24, 2.45) is 0 Å². The second-order valence-electron chi connectivity index (χ2n) is 3.41. The number of carbonyl (C=O) groups is 1. The SMILES string of the molecule is COc1ccc(-c2cccnc2Cl)c(C=O)c1. The Bertz CT molecular complexity index is 555. The van der Waals surface area contributed by atoms with Crippen molar-refractivity contribution in [3.8, 4) is 16.9 Å². The molecule has 1 heterocycles. The first kappa shape index (κ1) is 11.6. The van der Waals surface area contributed by atoms with E-state index in [4.69, 9.17) is 16.3 Å². The maximum absolute atomic E-state index is 11.1. The summed E-state index contributed by atoms with van der Waals surface area (Å²) in [6, 6.07) is 8.85. The molecular weight excluding hydrogens is 238 g/mol. The Morgan fingerprint density at radius 2 is 2.12 bits per heavy atom. The van der Waals surface area contributed by atoms with E-state index in [-0.39, 0.29) is 0 Å². The Hall–Kier alpha value is -1.87. The molecule has 0 radical (unpaired) electrons. The summed E-state index contributed by atoms with van der Waals surface area (Å²) in [6.45, 7) is 0. The zero-order chi connectivity index (χ0) is 12.3. The highest BCUT2D eigenvalue weighted by molar-refractivity contribution is 6.32. The van der Waals surface area contributed by atoms with Crippen molar-refractivity contribution in [2.45, 2.75) is 0 Å². The van der Waals surface area contributed by atoms with Crippen molar-refractivity contribution in [2.75, 3.05) is 7.11 Å². The Morgan fingerprint density at radius 1 is 1.29 bits per heavy atom. The van der Waals surface area contributed by atoms with Crippen LogP contribution in [-0.4, -0.2) is 18.4 Å². The molecule has 0 spiro atoms. The van der Waals surface area contributed by atoms with Gasteiger partial charge in [-0.15, -0.1) is 0 Å². The van der Waals surface area contributed by atoms with Crippen LogP contribution in [0.25, 0.3) is 11.1 Å². The van der Waals surface area contributed by atoms with Gasteiger partial charge in [0.05, 0.1) is 7.11 Å². The average Bonchev–Trinajstić information content (AvgIpc) is 2.38. The number of hydrogen-bond donors (Lipinski definition) is 0. The summed E-state index contributed by atoms with van der Waals surface area (Å²) in [5, 5.41) is 0.376. The summed E-state index contributed by atoms with van der Waals surface area (Å²) in [6.07, 6.45) is 2.39. The van der Waals surface area contributed by atoms with Crippen molar-refractivity contribution in [1.29, 1.82) is 0 Å². The zero-order valence-electron chi connectivity index (χ0n) is 9.18. The fourth-order valence-electron chi connectivity index (χ4n) is 1.60. The number of benzene rings is 1. The number of nitrogens with zero attached hydrogens (tertiary/aromatic N) is 1. The minimum absolute atomic E-state index is 0.376. The molecule has 2 rings (SSSR count). The fourth-order valence-corrected chi connectivity index (χ4v) is 1.82. The Balaban J connectivity index is 2.60. The molecule has 86 valence electrons. The summed E-state index contributed by atoms with van der Waals surface area (Å²) in [7, 11) is 1.56. The molecule has 0 amide bonds. The molecule has 1 aromatic carbocycles. The topological polar surface area (TPSA) is 39.2 Å². The smallest absolute Gasteiger partial charge is 0.150 e. The van der Waals surface area contributed by atoms with Crippen LogP contribution in [0, 0.1) is 0 Å². The van der Waals surface area contributed by atoms with E-state index in [2.05, 4.69) is 4.98 Å². The molecule has 0 atom stereocenters. The third-order valence-corrected chi connectivity index (χ3v) is 2.74. The van der Waals surface area contributed by atoms with E-state index >= 15 is 0 Å². The lowest BCUT2D eigenvalue weighted by Crippen LogP contribution is -1.91. The number of aldehydes is 1. The first-order chi connectivity index (χ1) is 8.26. The van der Waals surface area contributed by atoms with Gasteiger partial charge in [0.25, 0.3) is 0 Å². The van der Waals surface area contributed by atoms with Crippen molar-refractivity contribution < 1.29 is 9.53 Å². The molecule has 0 saturated heterocycles. The van der Waals surface area contributed by atoms with Crippen LogP contribution in [-0.2, 0) is 0 Å². The van der Waals surface area contributed by atoms with Crippen LogP contribution in [0.15, 0.2) is 36.5 Å². The van der Waals surface area contributed by atoms with E-state index < -0.39 is 0 Å². The van der Waals surface area contributed by atoms with Crippen molar-refractivity contribution >= 4 is 17.9 Å². The van der Waals surface area contributed by atoms with Crippen LogP contribution < -0.4 is 4.74 Å². The Morgan fingerprint density at radius 3 is 2.76 bits per heavy atom. The highest BCUT2D eigenvalue weighted by Crippen LogP contribution is 2.30. The molecule has 17 heavy (non-hydrogen) atoms. The van der Waals surface area contributed by atoms with Crippen LogP contribution in [0.2, 0.25) is 5.15 Å². The van der Waals surface area contributed by atoms with Gasteiger partial charge < -0.3 is 4.74 Å². The summed E-state index contributed by atoms with van der Waals surface area (Å²) in [5.74, 6) is 0.635. The average molecular weight is 248 g/mol. The van der Waals surface area contributed by atoms with Gasteiger partial charge in [-0.2, -0.15) is 0 Å². The lowest BCUT2D eigenvalue weighted by atomic mass is 10.0. The largest absolute Gasteiger partial charge is 0.497 e. The van der Waals surface area contributed by atoms with Gasteiger partial charge in [0, 0.05) is 17.3 Å². The molecule has 0 fully saturated rings. The summed E-state index contributed by atoms with van der Waals surface area (Å²) in [5.41, 5.74) is 2.01. The van der Waals surface area contributed by atoms with E-state index in [0.29, 0.717) is 16.5 Å². The number of hydrogen-bond acceptors (Lipinski definition) is 3. The standard InChI is InChI=1S/C13H10ClNO2/c1-17-10-4-5-11(9(7-10)8-16)12-3-2-6-15-13(12)14/h2-8H,1H3. The summed E-state index contributed by atoms with van der Waals surface area (Å²) < 4.78 is 5.07. The molecule has 0 aliphatic heterocycles. The van der Waals surface area contributed by atoms with E-state index in [1.807, 2.05) is 6.07 Å². The molecule has 2 aromatic rings. The summed E-state index contributed by atoms with van der Waals surface area (Å²) in [4.78, 5) is 15.1. The molecular formula is C13H10ClNO2. The minimum atomic E-state index is 0.376. The lowest BCUT2D eigenvalue weighted by Gasteiger charge is -2.08. The van der Waals surface area contributed by atoms with Gasteiger partial charge >= 0.3 is 0 Å². The maximum atomic E-state index is 11.1. The van der Waals surface area contributed by atoms with E-state index in [0.717, 1.165) is 17.4 Å². The number of halogens is 1. The quantitative estimate of drug-likeness (QED) is 0.618. The summed E-state index contributed by atoms with van der Waals surface area (Å²) >= 11 is 6.00. The molecule has 1 aromatic heterocycles. The number of carbonyl (C=O) groups excluding carboxylic acids is 1. The number of aromatic nitrogens is 1. The molecule has 0 aliphatic carbocycles. The van der Waals surface area contributed by atoms with Crippen LogP contribution >= 0.6 is 11.6 Å². The van der Waals surface area contributed by atoms with Gasteiger partial charge in [-0.1, -0.05) is 11.6 Å². The van der Waals surface area contributed by atoms with Crippen LogP contribution in [0.3, 0.4) is 0 Å². The monoisotopic (exact) mass is 247 g/mol. The molecule has 4 heteroatoms. The van der Waals surface area contributed by atoms with Gasteiger partial charge in [-0.25, -0.2) is 4.98 Å². The lowest BCUT2D eigenvalue weighted by molar-refractivity contribution is 0.112. The fraction of sp³-hybridized carbons (Fsp3) is 0.0769. The van der Waals surface area contributed by atoms with Crippen LogP contribution in [0.5, 0.6) is 5.75 Å². The van der Waals surface area contributed by atoms with E-state index in [9.17, 15) is 4.79 Å². The van der Waals surface area contributed by atoms with E-state index in [1.165, 1.54) is 0 Å². The molecule has 3 nitrogen and oxygen atoms in total. The molecule has 0 aliphatic rings. The number of rotatable bonds is 3. The first-order valence-corrected chi connectivity index (χ1v) is 5.38. The zero-order valence-corrected chi connectivity index (χ0v) is 9.94. The highest BCUT2D eigenvalue weighted by Gasteiger charge is 2.09. The van der Waals surface area contributed by atoms with E-state index in [1.54, 1.807) is 37.6 Å². The Kier molecular flexibility index (Phi) is 3.40. The Labute approximate surface area is 104 Å². The van der Waals surface area contributed by atoms with Gasteiger partial charge in [-0.05, 0) is 35.9 Å². The van der Waals surface area contributed by atoms with Gasteiger partial charge in [-0.3, -0.25) is 4.79 Å². The van der Waals surface area contributed by atoms with Crippen molar-refractivity contribution in [3.63, 3.8) is 0 Å². The van der Waals surface area contributed by atoms with Crippen LogP contribution in [0.1, 0.15) is 10.4 Å². The van der Waals surface area contributed by atoms with Crippen molar-refractivity contribution in [1.82, 2.24) is 4.98 Å². The first-order valence-electron chi connectivity index (χ1n) is 5.00. The van der Waals surface area contributed by atoms with Gasteiger partial charge in [0.15, 0.2) is 6.29 Å². The highest BCUT2D eigenvalue weighted by atomic mass is 35.5. The minimum Gasteiger partial charge on any atom is -0.497 e. The van der Waals surface area contributed by atoms with Gasteiger partial charge in [0.2, 0.25) is 0 Å². The normalized spacial score (nSPS) is 10.0. The molecule has 0 N–H and O–H groups in total. The van der Waals surface area contributed by atoms with Crippen molar-refractivity contribution in [3.05, 3.63) is 47.2 Å². The predicted octanol–water partition coefficient (Wildman–Crippen LogP) is 3.22. The number of ether oxygens (including phenoxy) is 1. The number of pyridine rings is 1. The second-order valence-corrected chi connectivity index (χ2v) is 3.77.